The van der Waals surface area contributed by atoms with Crippen molar-refractivity contribution in [2.45, 2.75) is 12.5 Å². The summed E-state index contributed by atoms with van der Waals surface area (Å²) in [6, 6.07) is 4.24. The normalized spacial score (nSPS) is 18.4. The van der Waals surface area contributed by atoms with Crippen LogP contribution in [0.5, 0.6) is 5.75 Å². The Morgan fingerprint density at radius 3 is 2.84 bits per heavy atom. The second-order valence-electron chi connectivity index (χ2n) is 4.31. The lowest BCUT2D eigenvalue weighted by atomic mass is 10.1. The second kappa shape index (κ2) is 5.23. The minimum atomic E-state index is -0.609. The number of β-amino-alcohol motifs (C(OH)–C–C–N with tert-alkyl or cyclic N) is 1. The molecule has 0 unspecified atom stereocenters. The molecule has 1 atom stereocenters. The van der Waals surface area contributed by atoms with Gasteiger partial charge in [0.15, 0.2) is 5.56 Å². The molecular weight excluding hydrogens is 252 g/mol. The van der Waals surface area contributed by atoms with E-state index < -0.39 is 16.9 Å². The molecule has 19 heavy (non-hydrogen) atoms. The van der Waals surface area contributed by atoms with E-state index in [1.165, 1.54) is 30.2 Å². The van der Waals surface area contributed by atoms with E-state index in [1.54, 1.807) is 0 Å². The maximum Gasteiger partial charge on any atom is 0.285 e. The Hall–Kier alpha value is -2.15. The van der Waals surface area contributed by atoms with Gasteiger partial charge < -0.3 is 14.7 Å². The fourth-order valence-electron chi connectivity index (χ4n) is 2.14. The summed E-state index contributed by atoms with van der Waals surface area (Å²) >= 11 is 0. The van der Waals surface area contributed by atoms with Crippen LogP contribution in [0.3, 0.4) is 0 Å². The van der Waals surface area contributed by atoms with Crippen molar-refractivity contribution in [2.75, 3.05) is 20.2 Å². The fraction of sp³-hybridized carbons (Fsp3) is 0.417. The predicted octanol–water partition coefficient (Wildman–Crippen LogP) is 0.810. The number of amides is 1. The number of carbonyl (C=O) groups excluding carboxylic acids is 1. The molecule has 2 rings (SSSR count). The molecule has 0 radical (unpaired) electrons. The summed E-state index contributed by atoms with van der Waals surface area (Å²) in [6.07, 6.45) is -0.0907. The van der Waals surface area contributed by atoms with Crippen molar-refractivity contribution >= 4 is 11.6 Å². The number of nitro groups is 1. The van der Waals surface area contributed by atoms with Crippen LogP contribution in [0, 0.1) is 10.1 Å². The first kappa shape index (κ1) is 13.3. The van der Waals surface area contributed by atoms with Crippen molar-refractivity contribution in [2.24, 2.45) is 0 Å². The fourth-order valence-corrected chi connectivity index (χ4v) is 2.14. The van der Waals surface area contributed by atoms with Crippen LogP contribution >= 0.6 is 0 Å². The van der Waals surface area contributed by atoms with E-state index in [-0.39, 0.29) is 23.5 Å². The van der Waals surface area contributed by atoms with Crippen LogP contribution in [0.25, 0.3) is 0 Å². The summed E-state index contributed by atoms with van der Waals surface area (Å²) in [7, 11) is 1.36. The zero-order chi connectivity index (χ0) is 14.0. The number of nitro benzene ring substituents is 1. The lowest BCUT2D eigenvalue weighted by molar-refractivity contribution is -0.385. The standard InChI is InChI=1S/C12H14N2O5/c1-19-10-4-2-3-9(14(17)18)11(10)12(16)13-6-5-8(15)7-13/h2-4,8,15H,5-7H2,1H3/t8-/m0/s1. The molecule has 1 heterocycles. The summed E-state index contributed by atoms with van der Waals surface area (Å²) in [5.74, 6) is -0.318. The van der Waals surface area contributed by atoms with Crippen LogP contribution in [-0.4, -0.2) is 47.1 Å². The minimum absolute atomic E-state index is 0.0656. The van der Waals surface area contributed by atoms with Crippen LogP contribution in [0.1, 0.15) is 16.8 Å². The molecule has 1 saturated heterocycles. The molecule has 1 fully saturated rings. The average Bonchev–Trinajstić information content (AvgIpc) is 2.83. The van der Waals surface area contributed by atoms with E-state index in [4.69, 9.17) is 4.74 Å². The first-order chi connectivity index (χ1) is 9.04. The molecule has 0 aromatic heterocycles. The molecule has 0 saturated carbocycles. The first-order valence-corrected chi connectivity index (χ1v) is 5.83. The van der Waals surface area contributed by atoms with Gasteiger partial charge in [-0.05, 0) is 12.5 Å². The van der Waals surface area contributed by atoms with Crippen LogP contribution in [0.2, 0.25) is 0 Å². The number of ether oxygens (including phenoxy) is 1. The molecule has 1 amide bonds. The highest BCUT2D eigenvalue weighted by Crippen LogP contribution is 2.30. The zero-order valence-corrected chi connectivity index (χ0v) is 10.4. The van der Waals surface area contributed by atoms with Crippen molar-refractivity contribution < 1.29 is 19.6 Å². The molecule has 1 aliphatic rings. The second-order valence-corrected chi connectivity index (χ2v) is 4.31. The molecule has 7 nitrogen and oxygen atoms in total. The Morgan fingerprint density at radius 2 is 2.32 bits per heavy atom. The minimum Gasteiger partial charge on any atom is -0.496 e. The molecule has 1 aromatic carbocycles. The smallest absolute Gasteiger partial charge is 0.285 e. The van der Waals surface area contributed by atoms with Crippen molar-refractivity contribution in [3.05, 3.63) is 33.9 Å². The van der Waals surface area contributed by atoms with E-state index in [0.717, 1.165) is 0 Å². The zero-order valence-electron chi connectivity index (χ0n) is 10.4. The number of aliphatic hydroxyl groups excluding tert-OH is 1. The Bertz CT molecular complexity index is 517. The highest BCUT2D eigenvalue weighted by molar-refractivity contribution is 6.01. The molecule has 0 spiro atoms. The van der Waals surface area contributed by atoms with E-state index >= 15 is 0 Å². The molecule has 1 N–H and O–H groups in total. The van der Waals surface area contributed by atoms with Gasteiger partial charge in [-0.3, -0.25) is 14.9 Å². The third-order valence-electron chi connectivity index (χ3n) is 3.09. The van der Waals surface area contributed by atoms with Gasteiger partial charge >= 0.3 is 0 Å². The Labute approximate surface area is 109 Å². The van der Waals surface area contributed by atoms with Crippen molar-refractivity contribution in [1.82, 2.24) is 4.90 Å². The lowest BCUT2D eigenvalue weighted by Gasteiger charge is -2.17. The van der Waals surface area contributed by atoms with Gasteiger partial charge in [0, 0.05) is 19.2 Å². The number of benzene rings is 1. The largest absolute Gasteiger partial charge is 0.496 e. The van der Waals surface area contributed by atoms with Crippen LogP contribution in [0.15, 0.2) is 18.2 Å². The monoisotopic (exact) mass is 266 g/mol. The Morgan fingerprint density at radius 1 is 1.58 bits per heavy atom. The number of carbonyl (C=O) groups is 1. The predicted molar refractivity (Wildman–Crippen MR) is 66.2 cm³/mol. The first-order valence-electron chi connectivity index (χ1n) is 5.83. The van der Waals surface area contributed by atoms with Crippen LogP contribution < -0.4 is 4.74 Å². The molecular formula is C12H14N2O5. The van der Waals surface area contributed by atoms with Gasteiger partial charge in [0.05, 0.1) is 18.1 Å². The molecule has 0 aliphatic carbocycles. The van der Waals surface area contributed by atoms with Gasteiger partial charge in [-0.2, -0.15) is 0 Å². The third kappa shape index (κ3) is 2.50. The average molecular weight is 266 g/mol. The molecule has 102 valence electrons. The number of rotatable bonds is 3. The van der Waals surface area contributed by atoms with Gasteiger partial charge in [0.1, 0.15) is 5.75 Å². The summed E-state index contributed by atoms with van der Waals surface area (Å²) < 4.78 is 5.03. The molecule has 7 heteroatoms. The summed E-state index contributed by atoms with van der Waals surface area (Å²) in [6.45, 7) is 0.573. The summed E-state index contributed by atoms with van der Waals surface area (Å²) in [5, 5.41) is 20.4. The Kier molecular flexibility index (Phi) is 3.66. The van der Waals surface area contributed by atoms with Gasteiger partial charge in [0.2, 0.25) is 0 Å². The maximum atomic E-state index is 12.3. The van der Waals surface area contributed by atoms with Crippen molar-refractivity contribution in [3.63, 3.8) is 0 Å². The van der Waals surface area contributed by atoms with E-state index in [9.17, 15) is 20.0 Å². The van der Waals surface area contributed by atoms with Gasteiger partial charge in [-0.25, -0.2) is 0 Å². The number of methoxy groups -OCH3 is 1. The highest BCUT2D eigenvalue weighted by atomic mass is 16.6. The van der Waals surface area contributed by atoms with Gasteiger partial charge in [-0.15, -0.1) is 0 Å². The third-order valence-corrected chi connectivity index (χ3v) is 3.09. The van der Waals surface area contributed by atoms with Crippen molar-refractivity contribution in [1.29, 1.82) is 0 Å². The SMILES string of the molecule is COc1cccc([N+](=O)[O-])c1C(=O)N1CC[C@H](O)C1. The molecule has 1 aliphatic heterocycles. The summed E-state index contributed by atoms with van der Waals surface area (Å²) in [4.78, 5) is 24.1. The maximum absolute atomic E-state index is 12.3. The number of nitrogens with zero attached hydrogens (tertiary/aromatic N) is 2. The number of hydrogen-bond acceptors (Lipinski definition) is 5. The van der Waals surface area contributed by atoms with Crippen LogP contribution in [0.4, 0.5) is 5.69 Å². The van der Waals surface area contributed by atoms with E-state index in [2.05, 4.69) is 0 Å². The summed E-state index contributed by atoms with van der Waals surface area (Å²) in [5.41, 5.74) is -0.352. The number of hydrogen-bond donors (Lipinski definition) is 1. The quantitative estimate of drug-likeness (QED) is 0.645. The van der Waals surface area contributed by atoms with Gasteiger partial charge in [-0.1, -0.05) is 6.07 Å². The van der Waals surface area contributed by atoms with E-state index in [1.807, 2.05) is 0 Å². The number of likely N-dealkylation sites (tertiary alicyclic amines) is 1. The van der Waals surface area contributed by atoms with Gasteiger partial charge in [0.25, 0.3) is 11.6 Å². The lowest BCUT2D eigenvalue weighted by Crippen LogP contribution is -2.30. The van der Waals surface area contributed by atoms with Crippen LogP contribution in [-0.2, 0) is 0 Å². The van der Waals surface area contributed by atoms with E-state index in [0.29, 0.717) is 13.0 Å². The topological polar surface area (TPSA) is 92.9 Å². The molecule has 1 aromatic rings. The number of aliphatic hydroxyl groups is 1. The Balaban J connectivity index is 2.42. The van der Waals surface area contributed by atoms with Crippen molar-refractivity contribution in [3.8, 4) is 5.75 Å². The highest BCUT2D eigenvalue weighted by Gasteiger charge is 2.32. The molecule has 0 bridgehead atoms.